The van der Waals surface area contributed by atoms with Gasteiger partial charge < -0.3 is 4.57 Å². The molecule has 0 aliphatic carbocycles. The van der Waals surface area contributed by atoms with Crippen LogP contribution in [-0.2, 0) is 21.8 Å². The summed E-state index contributed by atoms with van der Waals surface area (Å²) in [4.78, 5) is 13.0. The van der Waals surface area contributed by atoms with Crippen molar-refractivity contribution < 1.29 is 13.2 Å². The number of nitrogens with zero attached hydrogens (tertiary/aromatic N) is 2. The van der Waals surface area contributed by atoms with Crippen LogP contribution in [0.5, 0.6) is 0 Å². The molecule has 0 saturated heterocycles. The molecule has 1 aromatic heterocycles. The topological polar surface area (TPSA) is 79.9 Å². The lowest BCUT2D eigenvalue weighted by Gasteiger charge is -2.18. The molecule has 5 nitrogen and oxygen atoms in total. The second-order valence-electron chi connectivity index (χ2n) is 6.34. The summed E-state index contributed by atoms with van der Waals surface area (Å²) < 4.78 is 26.8. The zero-order valence-electron chi connectivity index (χ0n) is 14.1. The van der Waals surface area contributed by atoms with Gasteiger partial charge >= 0.3 is 0 Å². The number of hydrogen-bond donors (Lipinski definition) is 0. The zero-order valence-corrected chi connectivity index (χ0v) is 14.9. The molecule has 2 aromatic rings. The predicted molar refractivity (Wildman–Crippen MR) is 94.1 cm³/mol. The molecule has 0 amide bonds. The minimum absolute atomic E-state index is 0.0825. The second kappa shape index (κ2) is 6.49. The van der Waals surface area contributed by atoms with Crippen LogP contribution in [0.4, 0.5) is 0 Å². The number of ketones is 1. The van der Waals surface area contributed by atoms with Crippen LogP contribution >= 0.6 is 0 Å². The summed E-state index contributed by atoms with van der Waals surface area (Å²) in [6.45, 7) is 2.30. The summed E-state index contributed by atoms with van der Waals surface area (Å²) >= 11 is 0. The molecule has 0 bridgehead atoms. The Balaban J connectivity index is 2.05. The molecular weight excluding hydrogens is 336 g/mol. The molecule has 6 heteroatoms. The molecule has 0 spiro atoms. The quantitative estimate of drug-likeness (QED) is 0.745. The van der Waals surface area contributed by atoms with Crippen LogP contribution in [0.1, 0.15) is 42.2 Å². The first kappa shape index (κ1) is 17.4. The molecule has 0 saturated carbocycles. The minimum Gasteiger partial charge on any atom is -0.334 e. The van der Waals surface area contributed by atoms with Crippen molar-refractivity contribution in [2.75, 3.05) is 5.75 Å². The molecule has 3 rings (SSSR count). The van der Waals surface area contributed by atoms with Crippen molar-refractivity contribution in [3.05, 3.63) is 53.7 Å². The lowest BCUT2D eigenvalue weighted by Crippen LogP contribution is -2.32. The Hall–Kier alpha value is -2.39. The van der Waals surface area contributed by atoms with E-state index in [2.05, 4.69) is 6.07 Å². The van der Waals surface area contributed by atoms with Gasteiger partial charge in [0.1, 0.15) is 5.03 Å². The van der Waals surface area contributed by atoms with Crippen molar-refractivity contribution in [2.45, 2.75) is 43.2 Å². The molecular formula is C19H20N2O3S. The van der Waals surface area contributed by atoms with Crippen molar-refractivity contribution in [2.24, 2.45) is 0 Å². The molecule has 1 atom stereocenters. The van der Waals surface area contributed by atoms with E-state index in [1.165, 1.54) is 6.07 Å². The van der Waals surface area contributed by atoms with Gasteiger partial charge in [-0.15, -0.1) is 0 Å². The van der Waals surface area contributed by atoms with Gasteiger partial charge in [0.15, 0.2) is 21.0 Å². The van der Waals surface area contributed by atoms with E-state index in [0.717, 1.165) is 6.42 Å². The molecule has 1 unspecified atom stereocenters. The summed E-state index contributed by atoms with van der Waals surface area (Å²) in [6, 6.07) is 14.0. The standard InChI is InChI=1S/C19H20N2O3S/c1-2-3-13-25(23,24)17-10-9-16-19(14-20,11-12-21(16)17)18(22)15-7-5-4-6-8-15/h4-10H,2-3,11-13H2,1H3. The smallest absolute Gasteiger partial charge is 0.193 e. The lowest BCUT2D eigenvalue weighted by molar-refractivity contribution is 0.0921. The average molecular weight is 356 g/mol. The highest BCUT2D eigenvalue weighted by Crippen LogP contribution is 2.40. The third-order valence-electron chi connectivity index (χ3n) is 4.79. The van der Waals surface area contributed by atoms with Gasteiger partial charge in [-0.25, -0.2) is 8.42 Å². The molecule has 1 aliphatic heterocycles. The van der Waals surface area contributed by atoms with Crippen molar-refractivity contribution >= 4 is 15.6 Å². The largest absolute Gasteiger partial charge is 0.334 e. The molecule has 2 heterocycles. The monoisotopic (exact) mass is 356 g/mol. The number of fused-ring (bicyclic) bond motifs is 1. The Morgan fingerprint density at radius 3 is 2.60 bits per heavy atom. The van der Waals surface area contributed by atoms with Crippen molar-refractivity contribution in [1.82, 2.24) is 4.57 Å². The number of carbonyl (C=O) groups excluding carboxylic acids is 1. The van der Waals surface area contributed by atoms with Crippen LogP contribution < -0.4 is 0 Å². The van der Waals surface area contributed by atoms with Crippen LogP contribution in [0.15, 0.2) is 47.5 Å². The average Bonchev–Trinajstić information content (AvgIpc) is 3.21. The third-order valence-corrected chi connectivity index (χ3v) is 6.61. The fourth-order valence-corrected chi connectivity index (χ4v) is 5.08. The highest BCUT2D eigenvalue weighted by atomic mass is 32.2. The van der Waals surface area contributed by atoms with E-state index in [4.69, 9.17) is 0 Å². The summed E-state index contributed by atoms with van der Waals surface area (Å²) in [6.07, 6.45) is 1.68. The minimum atomic E-state index is -3.41. The fourth-order valence-electron chi connectivity index (χ4n) is 3.40. The number of hydrogen-bond acceptors (Lipinski definition) is 4. The van der Waals surface area contributed by atoms with Gasteiger partial charge in [-0.2, -0.15) is 5.26 Å². The van der Waals surface area contributed by atoms with Crippen LogP contribution in [-0.4, -0.2) is 24.5 Å². The van der Waals surface area contributed by atoms with Crippen LogP contribution in [0, 0.1) is 11.3 Å². The number of sulfone groups is 1. The third kappa shape index (κ3) is 2.79. The first-order valence-electron chi connectivity index (χ1n) is 8.40. The SMILES string of the molecule is CCCCS(=O)(=O)c1ccc2n1CCC2(C#N)C(=O)c1ccccc1. The molecule has 25 heavy (non-hydrogen) atoms. The number of carbonyl (C=O) groups is 1. The molecule has 1 aliphatic rings. The Morgan fingerprint density at radius 2 is 1.96 bits per heavy atom. The maximum Gasteiger partial charge on any atom is 0.193 e. The molecule has 1 aromatic carbocycles. The van der Waals surface area contributed by atoms with E-state index in [1.807, 2.05) is 13.0 Å². The Kier molecular flexibility index (Phi) is 4.53. The number of aromatic nitrogens is 1. The Bertz CT molecular complexity index is 939. The van der Waals surface area contributed by atoms with Crippen molar-refractivity contribution in [3.63, 3.8) is 0 Å². The highest BCUT2D eigenvalue weighted by Gasteiger charge is 2.48. The first-order chi connectivity index (χ1) is 12.0. The highest BCUT2D eigenvalue weighted by molar-refractivity contribution is 7.91. The number of benzene rings is 1. The van der Waals surface area contributed by atoms with Crippen molar-refractivity contribution in [3.8, 4) is 6.07 Å². The second-order valence-corrected chi connectivity index (χ2v) is 8.40. The van der Waals surface area contributed by atoms with Gasteiger partial charge in [0, 0.05) is 17.8 Å². The lowest BCUT2D eigenvalue weighted by atomic mass is 9.78. The summed E-state index contributed by atoms with van der Waals surface area (Å²) in [5.74, 6) is -0.191. The van der Waals surface area contributed by atoms with Crippen LogP contribution in [0.3, 0.4) is 0 Å². The summed E-state index contributed by atoms with van der Waals surface area (Å²) in [5, 5.41) is 10.0. The van der Waals surface area contributed by atoms with E-state index in [0.29, 0.717) is 30.6 Å². The summed E-state index contributed by atoms with van der Waals surface area (Å²) in [7, 11) is -3.41. The normalized spacial score (nSPS) is 19.4. The van der Waals surface area contributed by atoms with Gasteiger partial charge in [-0.1, -0.05) is 43.7 Å². The Morgan fingerprint density at radius 1 is 1.24 bits per heavy atom. The van der Waals surface area contributed by atoms with Gasteiger partial charge in [0.2, 0.25) is 0 Å². The number of unbranched alkanes of at least 4 members (excludes halogenated alkanes) is 1. The number of Topliss-reactive ketones (excluding diaryl/α,β-unsaturated/α-hetero) is 1. The first-order valence-corrected chi connectivity index (χ1v) is 10.1. The van der Waals surface area contributed by atoms with Crippen LogP contribution in [0.25, 0.3) is 0 Å². The number of rotatable bonds is 6. The van der Waals surface area contributed by atoms with Crippen molar-refractivity contribution in [1.29, 1.82) is 5.26 Å². The van der Waals surface area contributed by atoms with E-state index < -0.39 is 15.3 Å². The van der Waals surface area contributed by atoms with Gasteiger partial charge in [-0.3, -0.25) is 4.79 Å². The van der Waals surface area contributed by atoms with Crippen LogP contribution in [0.2, 0.25) is 0 Å². The number of nitriles is 1. The zero-order chi connectivity index (χ0) is 18.1. The fraction of sp³-hybridized carbons (Fsp3) is 0.368. The van der Waals surface area contributed by atoms with E-state index in [-0.39, 0.29) is 16.6 Å². The molecule has 130 valence electrons. The summed E-state index contributed by atoms with van der Waals surface area (Å²) in [5.41, 5.74) is -0.368. The van der Waals surface area contributed by atoms with E-state index >= 15 is 0 Å². The van der Waals surface area contributed by atoms with Gasteiger partial charge in [-0.05, 0) is 25.0 Å². The van der Waals surface area contributed by atoms with E-state index in [1.54, 1.807) is 34.9 Å². The van der Waals surface area contributed by atoms with Gasteiger partial charge in [0.05, 0.1) is 11.8 Å². The molecule has 0 N–H and O–H groups in total. The van der Waals surface area contributed by atoms with E-state index in [9.17, 15) is 18.5 Å². The molecule has 0 radical (unpaired) electrons. The molecule has 0 fully saturated rings. The maximum atomic E-state index is 13.0. The Labute approximate surface area is 147 Å². The predicted octanol–water partition coefficient (Wildman–Crippen LogP) is 3.11. The maximum absolute atomic E-state index is 13.0. The van der Waals surface area contributed by atoms with Gasteiger partial charge in [0.25, 0.3) is 0 Å².